The molecule has 0 aromatic heterocycles. The first-order valence-electron chi connectivity index (χ1n) is 8.00. The molecule has 0 rings (SSSR count). The van der Waals surface area contributed by atoms with Crippen LogP contribution in [0.2, 0.25) is 5.31 Å². The van der Waals surface area contributed by atoms with Crippen LogP contribution in [-0.4, -0.2) is 19.6 Å². The molecule has 2 radical (unpaired) electrons. The number of hydrogen-bond acceptors (Lipinski definition) is 1. The number of aliphatic hydroxyl groups is 1. The van der Waals surface area contributed by atoms with E-state index in [-0.39, 0.29) is 17.3 Å². The minimum absolute atomic E-state index is 0.133. The zero-order valence-corrected chi connectivity index (χ0v) is 14.3. The normalized spacial score (nSPS) is 20.3. The Bertz CT molecular complexity index is 248. The average molecular weight is 266 g/mol. The van der Waals surface area contributed by atoms with Crippen LogP contribution in [0, 0.1) is 23.2 Å². The van der Waals surface area contributed by atoms with Crippen molar-refractivity contribution in [3.63, 3.8) is 0 Å². The quantitative estimate of drug-likeness (QED) is 0.592. The molecule has 0 fully saturated rings. The zero-order valence-electron chi connectivity index (χ0n) is 14.3. The van der Waals surface area contributed by atoms with Crippen molar-refractivity contribution in [2.45, 2.75) is 79.5 Å². The van der Waals surface area contributed by atoms with Gasteiger partial charge in [0.2, 0.25) is 0 Å². The fraction of sp³-hybridized carbons (Fsp3) is 1.00. The van der Waals surface area contributed by atoms with Crippen LogP contribution in [0.15, 0.2) is 0 Å². The SMILES string of the molecule is [B]C(C)(CC(C)C)C(CC)(CC(C)C)CC(C)CO. The number of rotatable bonds is 9. The zero-order chi connectivity index (χ0) is 15.3. The van der Waals surface area contributed by atoms with Gasteiger partial charge in [-0.05, 0) is 36.0 Å². The lowest BCUT2D eigenvalue weighted by molar-refractivity contribution is 0.0738. The Morgan fingerprint density at radius 1 is 0.947 bits per heavy atom. The van der Waals surface area contributed by atoms with E-state index in [1.54, 1.807) is 0 Å². The molecule has 0 heterocycles. The lowest BCUT2D eigenvalue weighted by Crippen LogP contribution is -2.39. The van der Waals surface area contributed by atoms with Gasteiger partial charge < -0.3 is 5.11 Å². The highest BCUT2D eigenvalue weighted by Gasteiger charge is 2.43. The lowest BCUT2D eigenvalue weighted by Gasteiger charge is -2.51. The largest absolute Gasteiger partial charge is 0.396 e. The van der Waals surface area contributed by atoms with Gasteiger partial charge in [0, 0.05) is 6.61 Å². The molecule has 3 atom stereocenters. The fourth-order valence-electron chi connectivity index (χ4n) is 3.82. The number of hydrogen-bond donors (Lipinski definition) is 1. The van der Waals surface area contributed by atoms with Crippen LogP contribution < -0.4 is 0 Å². The molecule has 0 aromatic carbocycles. The Kier molecular flexibility index (Phi) is 7.72. The van der Waals surface area contributed by atoms with Gasteiger partial charge in [-0.2, -0.15) is 0 Å². The molecule has 0 amide bonds. The summed E-state index contributed by atoms with van der Waals surface area (Å²) < 4.78 is 0. The third-order valence-corrected chi connectivity index (χ3v) is 4.57. The smallest absolute Gasteiger partial charge is 0.0750 e. The van der Waals surface area contributed by atoms with Crippen LogP contribution in [-0.2, 0) is 0 Å². The van der Waals surface area contributed by atoms with E-state index < -0.39 is 0 Å². The Labute approximate surface area is 123 Å². The molecule has 112 valence electrons. The predicted octanol–water partition coefficient (Wildman–Crippen LogP) is 4.84. The summed E-state index contributed by atoms with van der Waals surface area (Å²) in [6, 6.07) is 0. The standard InChI is InChI=1S/C17H35BO/c1-8-17(10-14(4)5,11-15(6)12-19)16(7,18)9-13(2)3/h13-15,19H,8-12H2,1-7H3. The van der Waals surface area contributed by atoms with Crippen LogP contribution in [0.5, 0.6) is 0 Å². The van der Waals surface area contributed by atoms with E-state index in [2.05, 4.69) is 48.5 Å². The van der Waals surface area contributed by atoms with Gasteiger partial charge in [-0.15, -0.1) is 0 Å². The second-order valence-corrected chi connectivity index (χ2v) is 7.74. The van der Waals surface area contributed by atoms with Crippen molar-refractivity contribution in [2.24, 2.45) is 23.2 Å². The summed E-state index contributed by atoms with van der Waals surface area (Å²) in [6.45, 7) is 15.9. The van der Waals surface area contributed by atoms with Crippen molar-refractivity contribution in [1.29, 1.82) is 0 Å². The molecule has 0 bridgehead atoms. The van der Waals surface area contributed by atoms with Crippen molar-refractivity contribution >= 4 is 7.85 Å². The second kappa shape index (κ2) is 7.71. The van der Waals surface area contributed by atoms with Gasteiger partial charge in [-0.25, -0.2) is 0 Å². The van der Waals surface area contributed by atoms with Crippen molar-refractivity contribution in [3.05, 3.63) is 0 Å². The van der Waals surface area contributed by atoms with Gasteiger partial charge in [0.1, 0.15) is 0 Å². The van der Waals surface area contributed by atoms with E-state index in [0.29, 0.717) is 17.8 Å². The van der Waals surface area contributed by atoms with E-state index in [0.717, 1.165) is 25.7 Å². The van der Waals surface area contributed by atoms with Gasteiger partial charge in [-0.3, -0.25) is 0 Å². The van der Waals surface area contributed by atoms with Gasteiger partial charge in [0.25, 0.3) is 0 Å². The van der Waals surface area contributed by atoms with E-state index >= 15 is 0 Å². The fourth-order valence-corrected chi connectivity index (χ4v) is 3.82. The monoisotopic (exact) mass is 266 g/mol. The van der Waals surface area contributed by atoms with E-state index in [9.17, 15) is 5.11 Å². The van der Waals surface area contributed by atoms with E-state index in [1.807, 2.05) is 0 Å². The molecule has 3 unspecified atom stereocenters. The molecule has 0 aliphatic carbocycles. The highest BCUT2D eigenvalue weighted by Crippen LogP contribution is 2.56. The van der Waals surface area contributed by atoms with Crippen LogP contribution in [0.25, 0.3) is 0 Å². The van der Waals surface area contributed by atoms with Crippen LogP contribution in [0.1, 0.15) is 74.1 Å². The maximum absolute atomic E-state index is 9.43. The third-order valence-electron chi connectivity index (χ3n) is 4.57. The first kappa shape index (κ1) is 19.0. The topological polar surface area (TPSA) is 20.2 Å². The van der Waals surface area contributed by atoms with Gasteiger partial charge in [0.15, 0.2) is 0 Å². The highest BCUT2D eigenvalue weighted by atomic mass is 16.3. The Morgan fingerprint density at radius 3 is 1.74 bits per heavy atom. The lowest BCUT2D eigenvalue weighted by atomic mass is 9.46. The van der Waals surface area contributed by atoms with E-state index in [4.69, 9.17) is 7.85 Å². The summed E-state index contributed by atoms with van der Waals surface area (Å²) >= 11 is 0. The average Bonchev–Trinajstić information content (AvgIpc) is 2.25. The van der Waals surface area contributed by atoms with Gasteiger partial charge >= 0.3 is 0 Å². The molecule has 0 aromatic rings. The van der Waals surface area contributed by atoms with Gasteiger partial charge in [0.05, 0.1) is 7.85 Å². The molecule has 0 saturated heterocycles. The van der Waals surface area contributed by atoms with Crippen LogP contribution >= 0.6 is 0 Å². The Morgan fingerprint density at radius 2 is 1.42 bits per heavy atom. The molecule has 0 aliphatic heterocycles. The molecule has 19 heavy (non-hydrogen) atoms. The van der Waals surface area contributed by atoms with Crippen molar-refractivity contribution in [3.8, 4) is 0 Å². The van der Waals surface area contributed by atoms with Gasteiger partial charge in [-0.1, -0.05) is 66.6 Å². The molecule has 0 spiro atoms. The van der Waals surface area contributed by atoms with Crippen molar-refractivity contribution < 1.29 is 5.11 Å². The first-order valence-corrected chi connectivity index (χ1v) is 8.00. The molecular weight excluding hydrogens is 231 g/mol. The summed E-state index contributed by atoms with van der Waals surface area (Å²) in [5.74, 6) is 1.58. The minimum Gasteiger partial charge on any atom is -0.396 e. The molecular formula is C17H35BO. The van der Waals surface area contributed by atoms with Crippen LogP contribution in [0.3, 0.4) is 0 Å². The summed E-state index contributed by atoms with van der Waals surface area (Å²) in [6.07, 6.45) is 4.31. The second-order valence-electron chi connectivity index (χ2n) is 7.74. The van der Waals surface area contributed by atoms with Crippen molar-refractivity contribution in [2.75, 3.05) is 6.61 Å². The van der Waals surface area contributed by atoms with Crippen molar-refractivity contribution in [1.82, 2.24) is 0 Å². The predicted molar refractivity (Wildman–Crippen MR) is 86.6 cm³/mol. The number of aliphatic hydroxyl groups excluding tert-OH is 1. The maximum Gasteiger partial charge on any atom is 0.0750 e. The summed E-state index contributed by atoms with van der Waals surface area (Å²) in [5, 5.41) is 9.27. The molecule has 0 aliphatic rings. The summed E-state index contributed by atoms with van der Waals surface area (Å²) in [7, 11) is 6.78. The minimum atomic E-state index is -0.163. The molecule has 1 N–H and O–H groups in total. The molecule has 1 nitrogen and oxygen atoms in total. The first-order chi connectivity index (χ1) is 8.60. The summed E-state index contributed by atoms with van der Waals surface area (Å²) in [5.41, 5.74) is 0.133. The van der Waals surface area contributed by atoms with Crippen LogP contribution in [0.4, 0.5) is 0 Å². The molecule has 0 saturated carbocycles. The Hall–Kier alpha value is 0.0249. The summed E-state index contributed by atoms with van der Waals surface area (Å²) in [4.78, 5) is 0. The highest BCUT2D eigenvalue weighted by molar-refractivity contribution is 6.15. The maximum atomic E-state index is 9.43. The Balaban J connectivity index is 5.31. The van der Waals surface area contributed by atoms with E-state index in [1.165, 1.54) is 0 Å². The third kappa shape index (κ3) is 5.49. The molecule has 2 heteroatoms.